The van der Waals surface area contributed by atoms with E-state index >= 15 is 0 Å². The topological polar surface area (TPSA) is 55.5 Å². The number of benzene rings is 1. The third kappa shape index (κ3) is 4.45. The molecule has 0 fully saturated rings. The van der Waals surface area contributed by atoms with Gasteiger partial charge in [0.1, 0.15) is 5.75 Å². The van der Waals surface area contributed by atoms with Gasteiger partial charge in [-0.2, -0.15) is 0 Å². The van der Waals surface area contributed by atoms with Crippen LogP contribution in [0.1, 0.15) is 61.8 Å². The molecule has 0 saturated heterocycles. The maximum Gasteiger partial charge on any atom is 0.122 e. The van der Waals surface area contributed by atoms with Crippen molar-refractivity contribution in [3.63, 3.8) is 0 Å². The van der Waals surface area contributed by atoms with Gasteiger partial charge in [0.15, 0.2) is 0 Å². The summed E-state index contributed by atoms with van der Waals surface area (Å²) in [6, 6.07) is 1.93. The van der Waals surface area contributed by atoms with E-state index in [4.69, 9.17) is 10.5 Å². The maximum absolute atomic E-state index is 10.0. The van der Waals surface area contributed by atoms with E-state index < -0.39 is 6.10 Å². The van der Waals surface area contributed by atoms with Gasteiger partial charge in [-0.25, -0.2) is 0 Å². The van der Waals surface area contributed by atoms with Crippen molar-refractivity contribution in [3.8, 4) is 5.75 Å². The fraction of sp³-hybridized carbons (Fsp3) is 0.667. The summed E-state index contributed by atoms with van der Waals surface area (Å²) >= 11 is 0. The molecule has 3 atom stereocenters. The second-order valence-electron chi connectivity index (χ2n) is 6.27. The minimum absolute atomic E-state index is 0.193. The van der Waals surface area contributed by atoms with Crippen molar-refractivity contribution in [1.82, 2.24) is 0 Å². The number of nitrogens with two attached hydrogens (primary N) is 1. The van der Waals surface area contributed by atoms with Crippen molar-refractivity contribution in [2.45, 2.75) is 72.4 Å². The zero-order chi connectivity index (χ0) is 16.2. The quantitative estimate of drug-likeness (QED) is 0.807. The molecule has 0 aromatic heterocycles. The second kappa shape index (κ2) is 7.81. The fourth-order valence-electron chi connectivity index (χ4n) is 2.88. The molecule has 0 spiro atoms. The smallest absolute Gasteiger partial charge is 0.122 e. The Morgan fingerprint density at radius 1 is 1.19 bits per heavy atom. The largest absolute Gasteiger partial charge is 0.493 e. The second-order valence-corrected chi connectivity index (χ2v) is 6.27. The van der Waals surface area contributed by atoms with Crippen LogP contribution < -0.4 is 10.5 Å². The first-order valence-electron chi connectivity index (χ1n) is 7.96. The van der Waals surface area contributed by atoms with Crippen molar-refractivity contribution in [2.75, 3.05) is 6.61 Å². The van der Waals surface area contributed by atoms with Crippen LogP contribution in [0.2, 0.25) is 0 Å². The molecular weight excluding hydrogens is 262 g/mol. The number of hydrogen-bond donors (Lipinski definition) is 2. The molecule has 3 nitrogen and oxygen atoms in total. The summed E-state index contributed by atoms with van der Waals surface area (Å²) < 4.78 is 5.83. The van der Waals surface area contributed by atoms with Crippen LogP contribution in [0.4, 0.5) is 0 Å². The number of rotatable bonds is 7. The lowest BCUT2D eigenvalue weighted by Crippen LogP contribution is -2.32. The Morgan fingerprint density at radius 3 is 2.33 bits per heavy atom. The average molecular weight is 293 g/mol. The van der Waals surface area contributed by atoms with E-state index in [1.54, 1.807) is 0 Å². The van der Waals surface area contributed by atoms with Gasteiger partial charge in [0.05, 0.1) is 12.7 Å². The van der Waals surface area contributed by atoms with E-state index in [1.807, 2.05) is 6.92 Å². The Balaban J connectivity index is 3.05. The zero-order valence-corrected chi connectivity index (χ0v) is 14.4. The molecule has 3 unspecified atom stereocenters. The first-order chi connectivity index (χ1) is 9.79. The molecule has 0 radical (unpaired) electrons. The van der Waals surface area contributed by atoms with Gasteiger partial charge < -0.3 is 15.6 Å². The van der Waals surface area contributed by atoms with Gasteiger partial charge in [-0.1, -0.05) is 13.8 Å². The summed E-state index contributed by atoms with van der Waals surface area (Å²) in [5, 5.41) is 10.0. The standard InChI is InChI=1S/C18H31NO2/c1-7-8-21-17-10-12(3)18(14(5)13(17)4)11(2)9-16(20)15(6)19/h10-11,15-16,20H,7-9,19H2,1-6H3. The summed E-state index contributed by atoms with van der Waals surface area (Å²) in [4.78, 5) is 0. The van der Waals surface area contributed by atoms with Crippen molar-refractivity contribution in [1.29, 1.82) is 0 Å². The molecule has 1 aromatic rings. The van der Waals surface area contributed by atoms with E-state index in [-0.39, 0.29) is 12.0 Å². The van der Waals surface area contributed by atoms with Gasteiger partial charge in [0, 0.05) is 6.04 Å². The number of ether oxygens (including phenoxy) is 1. The highest BCUT2D eigenvalue weighted by Gasteiger charge is 2.20. The van der Waals surface area contributed by atoms with Crippen molar-refractivity contribution >= 4 is 0 Å². The van der Waals surface area contributed by atoms with E-state index in [9.17, 15) is 5.11 Å². The molecule has 120 valence electrons. The van der Waals surface area contributed by atoms with Gasteiger partial charge in [0.2, 0.25) is 0 Å². The molecule has 0 bridgehead atoms. The third-order valence-electron chi connectivity index (χ3n) is 4.27. The first-order valence-corrected chi connectivity index (χ1v) is 7.96. The van der Waals surface area contributed by atoms with Crippen molar-refractivity contribution in [2.24, 2.45) is 5.73 Å². The summed E-state index contributed by atoms with van der Waals surface area (Å²) in [5.74, 6) is 1.26. The SMILES string of the molecule is CCCOc1cc(C)c(C(C)CC(O)C(C)N)c(C)c1C. The van der Waals surface area contributed by atoms with Crippen molar-refractivity contribution in [3.05, 3.63) is 28.3 Å². The Morgan fingerprint density at radius 2 is 1.81 bits per heavy atom. The van der Waals surface area contributed by atoms with E-state index in [1.165, 1.54) is 22.3 Å². The first kappa shape index (κ1) is 18.0. The highest BCUT2D eigenvalue weighted by atomic mass is 16.5. The monoisotopic (exact) mass is 293 g/mol. The van der Waals surface area contributed by atoms with Crippen LogP contribution >= 0.6 is 0 Å². The summed E-state index contributed by atoms with van der Waals surface area (Å²) in [7, 11) is 0. The molecule has 0 aliphatic rings. The predicted molar refractivity (Wildman–Crippen MR) is 89.1 cm³/mol. The minimum atomic E-state index is -0.463. The minimum Gasteiger partial charge on any atom is -0.493 e. The molecule has 0 amide bonds. The number of aryl methyl sites for hydroxylation is 1. The normalized spacial score (nSPS) is 15.6. The summed E-state index contributed by atoms with van der Waals surface area (Å²) in [6.07, 6.45) is 1.24. The molecule has 1 aromatic carbocycles. The lowest BCUT2D eigenvalue weighted by Gasteiger charge is -2.24. The van der Waals surface area contributed by atoms with Gasteiger partial charge in [-0.3, -0.25) is 0 Å². The molecule has 1 rings (SSSR count). The summed E-state index contributed by atoms with van der Waals surface area (Å²) in [6.45, 7) is 13.2. The fourth-order valence-corrected chi connectivity index (χ4v) is 2.88. The molecular formula is C18H31NO2. The Labute approximate surface area is 129 Å². The molecule has 0 heterocycles. The van der Waals surface area contributed by atoms with Crippen LogP contribution in [0, 0.1) is 20.8 Å². The average Bonchev–Trinajstić information content (AvgIpc) is 2.41. The molecule has 3 N–H and O–H groups in total. The summed E-state index contributed by atoms with van der Waals surface area (Å²) in [5.41, 5.74) is 10.8. The molecule has 21 heavy (non-hydrogen) atoms. The molecule has 0 saturated carbocycles. The Bertz CT molecular complexity index is 469. The van der Waals surface area contributed by atoms with Gasteiger partial charge >= 0.3 is 0 Å². The van der Waals surface area contributed by atoms with Gasteiger partial charge in [0.25, 0.3) is 0 Å². The van der Waals surface area contributed by atoms with Crippen LogP contribution in [0.5, 0.6) is 5.75 Å². The van der Waals surface area contributed by atoms with Crippen LogP contribution in [0.15, 0.2) is 6.07 Å². The third-order valence-corrected chi connectivity index (χ3v) is 4.27. The van der Waals surface area contributed by atoms with Crippen LogP contribution in [-0.4, -0.2) is 23.9 Å². The lowest BCUT2D eigenvalue weighted by atomic mass is 9.85. The molecule has 0 aliphatic carbocycles. The van der Waals surface area contributed by atoms with E-state index in [0.717, 1.165) is 18.8 Å². The number of aliphatic hydroxyl groups excluding tert-OH is 1. The number of hydrogen-bond acceptors (Lipinski definition) is 3. The van der Waals surface area contributed by atoms with Gasteiger partial charge in [-0.05, 0) is 74.8 Å². The maximum atomic E-state index is 10.0. The van der Waals surface area contributed by atoms with Crippen LogP contribution in [0.3, 0.4) is 0 Å². The van der Waals surface area contributed by atoms with Crippen LogP contribution in [0.25, 0.3) is 0 Å². The highest BCUT2D eigenvalue weighted by Crippen LogP contribution is 2.34. The van der Waals surface area contributed by atoms with Gasteiger partial charge in [-0.15, -0.1) is 0 Å². The molecule has 0 aliphatic heterocycles. The van der Waals surface area contributed by atoms with E-state index in [0.29, 0.717) is 6.42 Å². The Hall–Kier alpha value is -1.06. The zero-order valence-electron chi connectivity index (χ0n) is 14.4. The van der Waals surface area contributed by atoms with E-state index in [2.05, 4.69) is 40.7 Å². The lowest BCUT2D eigenvalue weighted by molar-refractivity contribution is 0.134. The Kier molecular flexibility index (Phi) is 6.69. The predicted octanol–water partition coefficient (Wildman–Crippen LogP) is 3.60. The van der Waals surface area contributed by atoms with Crippen molar-refractivity contribution < 1.29 is 9.84 Å². The highest BCUT2D eigenvalue weighted by molar-refractivity contribution is 5.49. The number of aliphatic hydroxyl groups is 1. The molecule has 3 heteroatoms. The van der Waals surface area contributed by atoms with Crippen LogP contribution in [-0.2, 0) is 0 Å².